The average Bonchev–Trinajstić information content (AvgIpc) is 3.05. The van der Waals surface area contributed by atoms with Gasteiger partial charge in [0.1, 0.15) is 0 Å². The molecule has 0 aliphatic rings. The molecule has 0 amide bonds. The van der Waals surface area contributed by atoms with Gasteiger partial charge in [0.15, 0.2) is 0 Å². The minimum Gasteiger partial charge on any atom is -0.261 e. The molecular weight excluding hydrogens is 328 g/mol. The first-order valence-corrected chi connectivity index (χ1v) is 8.76. The Labute approximate surface area is 151 Å². The predicted molar refractivity (Wildman–Crippen MR) is 103 cm³/mol. The van der Waals surface area contributed by atoms with Gasteiger partial charge in [-0.1, -0.05) is 24.3 Å². The molecule has 0 saturated carbocycles. The lowest BCUT2D eigenvalue weighted by molar-refractivity contribution is 0.848. The van der Waals surface area contributed by atoms with E-state index < -0.39 is 0 Å². The molecule has 0 bridgehead atoms. The van der Waals surface area contributed by atoms with Crippen molar-refractivity contribution in [1.82, 2.24) is 4.68 Å². The summed E-state index contributed by atoms with van der Waals surface area (Å²) in [5, 5.41) is 15.6. The Kier molecular flexibility index (Phi) is 4.92. The second kappa shape index (κ2) is 7.29. The number of aryl methyl sites for hydroxylation is 2. The molecule has 0 N–H and O–H groups in total. The Balaban J connectivity index is 2.03. The van der Waals surface area contributed by atoms with E-state index in [0.717, 1.165) is 21.6 Å². The van der Waals surface area contributed by atoms with Crippen LogP contribution in [0.1, 0.15) is 22.3 Å². The van der Waals surface area contributed by atoms with Gasteiger partial charge in [0.05, 0.1) is 23.5 Å². The monoisotopic (exact) mass is 346 g/mol. The summed E-state index contributed by atoms with van der Waals surface area (Å²) in [5.41, 5.74) is 6.23. The number of aromatic nitrogens is 1. The number of nitriles is 1. The quantitative estimate of drug-likeness (QED) is 0.658. The maximum absolute atomic E-state index is 8.88. The van der Waals surface area contributed by atoms with E-state index in [-0.39, 0.29) is 0 Å². The number of nitrogens with zero attached hydrogens (tertiary/aromatic N) is 4. The first-order valence-electron chi connectivity index (χ1n) is 7.88. The number of benzene rings is 2. The molecule has 3 aromatic rings. The number of thiazole rings is 1. The van der Waals surface area contributed by atoms with Gasteiger partial charge in [-0.05, 0) is 48.7 Å². The molecule has 0 spiro atoms. The summed E-state index contributed by atoms with van der Waals surface area (Å²) in [6.07, 6.45) is 1.78. The summed E-state index contributed by atoms with van der Waals surface area (Å²) >= 11 is 1.56. The second-order valence-electron chi connectivity index (χ2n) is 5.72. The Morgan fingerprint density at radius 2 is 1.84 bits per heavy atom. The van der Waals surface area contributed by atoms with Crippen LogP contribution in [0.4, 0.5) is 0 Å². The second-order valence-corrected chi connectivity index (χ2v) is 6.55. The first-order chi connectivity index (χ1) is 12.1. The highest BCUT2D eigenvalue weighted by molar-refractivity contribution is 7.07. The Morgan fingerprint density at radius 1 is 1.08 bits per heavy atom. The summed E-state index contributed by atoms with van der Waals surface area (Å²) in [6.45, 7) is 4.22. The van der Waals surface area contributed by atoms with Crippen LogP contribution in [-0.2, 0) is 0 Å². The topological polar surface area (TPSA) is 53.4 Å². The van der Waals surface area contributed by atoms with Crippen LogP contribution >= 0.6 is 11.3 Å². The molecule has 0 saturated heterocycles. The van der Waals surface area contributed by atoms with Crippen molar-refractivity contribution in [3.63, 3.8) is 0 Å². The fourth-order valence-corrected chi connectivity index (χ4v) is 3.23. The van der Waals surface area contributed by atoms with Gasteiger partial charge < -0.3 is 0 Å². The fourth-order valence-electron chi connectivity index (χ4n) is 2.43. The summed E-state index contributed by atoms with van der Waals surface area (Å²) in [5.74, 6) is 0. The van der Waals surface area contributed by atoms with Crippen molar-refractivity contribution in [3.8, 4) is 17.3 Å². The third kappa shape index (κ3) is 3.59. The van der Waals surface area contributed by atoms with Gasteiger partial charge in [-0.3, -0.25) is 4.99 Å². The molecule has 0 radical (unpaired) electrons. The molecule has 2 aromatic carbocycles. The van der Waals surface area contributed by atoms with Crippen LogP contribution in [0.25, 0.3) is 11.3 Å². The van der Waals surface area contributed by atoms with E-state index in [4.69, 9.17) is 5.26 Å². The van der Waals surface area contributed by atoms with Crippen molar-refractivity contribution in [2.24, 2.45) is 10.1 Å². The lowest BCUT2D eigenvalue weighted by Gasteiger charge is -2.06. The number of rotatable bonds is 3. The van der Waals surface area contributed by atoms with Crippen LogP contribution < -0.4 is 4.80 Å². The lowest BCUT2D eigenvalue weighted by Crippen LogP contribution is -2.11. The molecule has 124 valence electrons. The van der Waals surface area contributed by atoms with Gasteiger partial charge in [0.2, 0.25) is 4.80 Å². The van der Waals surface area contributed by atoms with Crippen molar-refractivity contribution in [3.05, 3.63) is 74.9 Å². The summed E-state index contributed by atoms with van der Waals surface area (Å²) in [4.78, 5) is 5.15. The van der Waals surface area contributed by atoms with Crippen LogP contribution in [0.2, 0.25) is 0 Å². The van der Waals surface area contributed by atoms with Gasteiger partial charge in [-0.25, -0.2) is 4.68 Å². The Bertz CT molecular complexity index is 1030. The van der Waals surface area contributed by atoms with E-state index in [0.29, 0.717) is 5.56 Å². The Hall–Kier alpha value is -2.97. The zero-order chi connectivity index (χ0) is 17.8. The van der Waals surface area contributed by atoms with Crippen molar-refractivity contribution in [2.75, 3.05) is 7.05 Å². The smallest absolute Gasteiger partial charge is 0.205 e. The van der Waals surface area contributed by atoms with Crippen LogP contribution in [0, 0.1) is 25.2 Å². The molecule has 4 nitrogen and oxygen atoms in total. The third-order valence-electron chi connectivity index (χ3n) is 4.04. The van der Waals surface area contributed by atoms with E-state index in [1.54, 1.807) is 36.7 Å². The predicted octanol–water partition coefficient (Wildman–Crippen LogP) is 4.12. The highest BCUT2D eigenvalue weighted by Crippen LogP contribution is 2.23. The average molecular weight is 346 g/mol. The van der Waals surface area contributed by atoms with E-state index in [1.165, 1.54) is 11.1 Å². The van der Waals surface area contributed by atoms with Crippen LogP contribution in [0.15, 0.2) is 57.9 Å². The van der Waals surface area contributed by atoms with Gasteiger partial charge in [-0.15, -0.1) is 11.3 Å². The van der Waals surface area contributed by atoms with Crippen LogP contribution in [0.3, 0.4) is 0 Å². The summed E-state index contributed by atoms with van der Waals surface area (Å²) < 4.78 is 1.85. The molecule has 0 aliphatic carbocycles. The normalized spacial score (nSPS) is 11.8. The molecule has 1 heterocycles. The van der Waals surface area contributed by atoms with E-state index in [2.05, 4.69) is 53.6 Å². The Morgan fingerprint density at radius 3 is 2.48 bits per heavy atom. The number of hydrogen-bond acceptors (Lipinski definition) is 4. The molecule has 0 fully saturated rings. The van der Waals surface area contributed by atoms with Gasteiger partial charge in [0.25, 0.3) is 0 Å². The molecule has 0 aliphatic heterocycles. The zero-order valence-electron chi connectivity index (χ0n) is 14.4. The van der Waals surface area contributed by atoms with Crippen molar-refractivity contribution in [2.45, 2.75) is 13.8 Å². The molecule has 1 aromatic heterocycles. The van der Waals surface area contributed by atoms with Crippen molar-refractivity contribution in [1.29, 1.82) is 5.26 Å². The van der Waals surface area contributed by atoms with Gasteiger partial charge >= 0.3 is 0 Å². The number of hydrogen-bond donors (Lipinski definition) is 0. The van der Waals surface area contributed by atoms with Crippen molar-refractivity contribution < 1.29 is 0 Å². The zero-order valence-corrected chi connectivity index (χ0v) is 15.2. The fraction of sp³-hybridized carbons (Fsp3) is 0.150. The third-order valence-corrected chi connectivity index (χ3v) is 4.95. The molecule has 25 heavy (non-hydrogen) atoms. The minimum atomic E-state index is 0.639. The highest BCUT2D eigenvalue weighted by atomic mass is 32.1. The summed E-state index contributed by atoms with van der Waals surface area (Å²) in [7, 11) is 1.77. The van der Waals surface area contributed by atoms with E-state index in [1.807, 2.05) is 16.8 Å². The molecule has 5 heteroatoms. The maximum atomic E-state index is 8.88. The molecule has 0 unspecified atom stereocenters. The minimum absolute atomic E-state index is 0.639. The molecule has 0 atom stereocenters. The standard InChI is InChI=1S/C20H18N4S/c1-14-4-9-18(10-15(14)2)19-13-25-20(22-3)24(19)23-12-17-7-5-16(11-21)6-8-17/h4-10,12-13H,1-3H3. The summed E-state index contributed by atoms with van der Waals surface area (Å²) in [6, 6.07) is 15.9. The van der Waals surface area contributed by atoms with Crippen molar-refractivity contribution >= 4 is 17.6 Å². The van der Waals surface area contributed by atoms with Gasteiger partial charge in [-0.2, -0.15) is 10.4 Å². The molecule has 3 rings (SSSR count). The highest BCUT2D eigenvalue weighted by Gasteiger charge is 2.08. The SMILES string of the molecule is CN=c1scc(-c2ccc(C)c(C)c2)n1N=Cc1ccc(C#N)cc1. The van der Waals surface area contributed by atoms with Crippen LogP contribution in [0.5, 0.6) is 0 Å². The van der Waals surface area contributed by atoms with E-state index in [9.17, 15) is 0 Å². The maximum Gasteiger partial charge on any atom is 0.205 e. The lowest BCUT2D eigenvalue weighted by atomic mass is 10.1. The van der Waals surface area contributed by atoms with Gasteiger partial charge in [0, 0.05) is 18.0 Å². The van der Waals surface area contributed by atoms with Crippen LogP contribution in [-0.4, -0.2) is 17.9 Å². The largest absolute Gasteiger partial charge is 0.261 e. The first kappa shape index (κ1) is 16.9. The molecular formula is C20H18N4S. The van der Waals surface area contributed by atoms with E-state index >= 15 is 0 Å².